The van der Waals surface area contributed by atoms with Gasteiger partial charge in [-0.15, -0.1) is 0 Å². The van der Waals surface area contributed by atoms with Crippen LogP contribution in [0.4, 0.5) is 13.2 Å². The number of amides is 1. The van der Waals surface area contributed by atoms with Crippen molar-refractivity contribution < 1.29 is 32.9 Å². The maximum Gasteiger partial charge on any atom is 0.417 e. The van der Waals surface area contributed by atoms with Gasteiger partial charge in [0.2, 0.25) is 5.91 Å². The standard InChI is InChI=1S/C22H16F3N3O4/c23-22(24,25)16-10-15(9-6-13(16)11-26)32-14-7-4-12(5-8-14)17-2-1-3-18(28-17)19(29)20(30)21(27)31/h1-10,19-20,29-30H,(H2,27,31)/t19-,20+/m0/s1. The Morgan fingerprint density at radius 1 is 1.06 bits per heavy atom. The topological polar surface area (TPSA) is 129 Å². The van der Waals surface area contributed by atoms with Crippen molar-refractivity contribution in [2.24, 2.45) is 5.73 Å². The van der Waals surface area contributed by atoms with Gasteiger partial charge in [0.25, 0.3) is 0 Å². The molecule has 0 aliphatic rings. The molecule has 7 nitrogen and oxygen atoms in total. The number of pyridine rings is 1. The van der Waals surface area contributed by atoms with Crippen LogP contribution in [0.5, 0.6) is 11.5 Å². The summed E-state index contributed by atoms with van der Waals surface area (Å²) >= 11 is 0. The number of hydrogen-bond acceptors (Lipinski definition) is 6. The zero-order valence-corrected chi connectivity index (χ0v) is 16.2. The number of nitrogens with two attached hydrogens (primary N) is 1. The number of halogens is 3. The van der Waals surface area contributed by atoms with Crippen molar-refractivity contribution in [2.45, 2.75) is 18.4 Å². The third-order valence-corrected chi connectivity index (χ3v) is 4.47. The minimum absolute atomic E-state index is 0.0337. The van der Waals surface area contributed by atoms with E-state index in [9.17, 15) is 28.2 Å². The van der Waals surface area contributed by atoms with Gasteiger partial charge in [-0.25, -0.2) is 4.98 Å². The molecule has 0 saturated heterocycles. The number of benzene rings is 2. The summed E-state index contributed by atoms with van der Waals surface area (Å²) in [6.45, 7) is 0. The van der Waals surface area contributed by atoms with E-state index in [-0.39, 0.29) is 17.2 Å². The highest BCUT2D eigenvalue weighted by Gasteiger charge is 2.34. The molecule has 0 radical (unpaired) electrons. The van der Waals surface area contributed by atoms with E-state index in [0.717, 1.165) is 12.1 Å². The van der Waals surface area contributed by atoms with Crippen LogP contribution in [0.2, 0.25) is 0 Å². The molecule has 2 atom stereocenters. The molecule has 0 aliphatic carbocycles. The van der Waals surface area contributed by atoms with E-state index in [1.165, 1.54) is 30.3 Å². The summed E-state index contributed by atoms with van der Waals surface area (Å²) in [5.41, 5.74) is 4.41. The third-order valence-electron chi connectivity index (χ3n) is 4.47. The summed E-state index contributed by atoms with van der Waals surface area (Å²) < 4.78 is 44.8. The van der Waals surface area contributed by atoms with Gasteiger partial charge in [-0.1, -0.05) is 6.07 Å². The van der Waals surface area contributed by atoms with Crippen molar-refractivity contribution in [3.05, 3.63) is 77.5 Å². The molecular formula is C22H16F3N3O4. The number of primary amides is 1. The Morgan fingerprint density at radius 3 is 2.31 bits per heavy atom. The van der Waals surface area contributed by atoms with Crippen LogP contribution in [-0.2, 0) is 11.0 Å². The van der Waals surface area contributed by atoms with Gasteiger partial charge < -0.3 is 20.7 Å². The Labute approximate surface area is 180 Å². The van der Waals surface area contributed by atoms with E-state index in [4.69, 9.17) is 15.7 Å². The lowest BCUT2D eigenvalue weighted by Gasteiger charge is -2.15. The summed E-state index contributed by atoms with van der Waals surface area (Å²) in [5.74, 6) is -0.942. The SMILES string of the molecule is N#Cc1ccc(Oc2ccc(-c3cccc([C@H](O)[C@@H](O)C(N)=O)n3)cc2)cc1C(F)(F)F. The molecule has 4 N–H and O–H groups in total. The van der Waals surface area contributed by atoms with Crippen molar-refractivity contribution in [2.75, 3.05) is 0 Å². The molecule has 3 aromatic rings. The first-order valence-corrected chi connectivity index (χ1v) is 9.12. The van der Waals surface area contributed by atoms with E-state index < -0.39 is 35.4 Å². The van der Waals surface area contributed by atoms with Crippen molar-refractivity contribution >= 4 is 5.91 Å². The smallest absolute Gasteiger partial charge is 0.417 e. The summed E-state index contributed by atoms with van der Waals surface area (Å²) in [5, 5.41) is 28.5. The van der Waals surface area contributed by atoms with E-state index in [0.29, 0.717) is 11.3 Å². The number of rotatable bonds is 6. The maximum atomic E-state index is 13.1. The van der Waals surface area contributed by atoms with Gasteiger partial charge in [0.15, 0.2) is 6.10 Å². The van der Waals surface area contributed by atoms with E-state index in [1.54, 1.807) is 24.3 Å². The molecule has 1 aromatic heterocycles. The zero-order valence-electron chi connectivity index (χ0n) is 16.2. The molecule has 164 valence electrons. The van der Waals surface area contributed by atoms with Gasteiger partial charge in [0.1, 0.15) is 17.6 Å². The fourth-order valence-electron chi connectivity index (χ4n) is 2.84. The van der Waals surface area contributed by atoms with Gasteiger partial charge in [-0.05, 0) is 54.6 Å². The Hall–Kier alpha value is -3.94. The van der Waals surface area contributed by atoms with Crippen LogP contribution in [0.3, 0.4) is 0 Å². The number of aliphatic hydroxyl groups is 2. The van der Waals surface area contributed by atoms with Gasteiger partial charge in [0.05, 0.1) is 28.6 Å². The lowest BCUT2D eigenvalue weighted by Crippen LogP contribution is -2.34. The minimum atomic E-state index is -4.70. The molecule has 0 fully saturated rings. The lowest BCUT2D eigenvalue weighted by atomic mass is 10.1. The van der Waals surface area contributed by atoms with Crippen molar-refractivity contribution in [3.63, 3.8) is 0 Å². The third kappa shape index (κ3) is 5.03. The second-order valence-corrected chi connectivity index (χ2v) is 6.68. The number of ether oxygens (including phenoxy) is 1. The van der Waals surface area contributed by atoms with Gasteiger partial charge in [-0.2, -0.15) is 18.4 Å². The summed E-state index contributed by atoms with van der Waals surface area (Å²) in [6.07, 6.45) is -8.12. The first-order valence-electron chi connectivity index (χ1n) is 9.12. The number of aliphatic hydroxyl groups excluding tert-OH is 2. The van der Waals surface area contributed by atoms with E-state index >= 15 is 0 Å². The van der Waals surface area contributed by atoms with Crippen LogP contribution in [0.1, 0.15) is 22.9 Å². The first kappa shape index (κ1) is 22.7. The van der Waals surface area contributed by atoms with Crippen LogP contribution in [0.25, 0.3) is 11.3 Å². The van der Waals surface area contributed by atoms with Crippen molar-refractivity contribution in [1.29, 1.82) is 5.26 Å². The number of hydrogen-bond donors (Lipinski definition) is 3. The van der Waals surface area contributed by atoms with Gasteiger partial charge >= 0.3 is 6.18 Å². The molecule has 0 saturated carbocycles. The van der Waals surface area contributed by atoms with Crippen LogP contribution in [0, 0.1) is 11.3 Å². The second-order valence-electron chi connectivity index (χ2n) is 6.68. The number of carbonyl (C=O) groups excluding carboxylic acids is 1. The summed E-state index contributed by atoms with van der Waals surface area (Å²) in [6, 6.07) is 15.3. The quantitative estimate of drug-likeness (QED) is 0.536. The molecule has 0 unspecified atom stereocenters. The van der Waals surface area contributed by atoms with Gasteiger partial charge in [-0.3, -0.25) is 4.79 Å². The fourth-order valence-corrected chi connectivity index (χ4v) is 2.84. The van der Waals surface area contributed by atoms with Crippen molar-refractivity contribution in [3.8, 4) is 28.8 Å². The number of nitriles is 1. The largest absolute Gasteiger partial charge is 0.457 e. The van der Waals surface area contributed by atoms with Gasteiger partial charge in [0, 0.05) is 5.56 Å². The van der Waals surface area contributed by atoms with Crippen molar-refractivity contribution in [1.82, 2.24) is 4.98 Å². The summed E-state index contributed by atoms with van der Waals surface area (Å²) in [4.78, 5) is 15.3. The van der Waals surface area contributed by atoms with Crippen LogP contribution in [-0.4, -0.2) is 27.2 Å². The van der Waals surface area contributed by atoms with E-state index in [1.807, 2.05) is 0 Å². The molecule has 10 heteroatoms. The molecule has 0 spiro atoms. The highest BCUT2D eigenvalue weighted by atomic mass is 19.4. The molecule has 1 amide bonds. The monoisotopic (exact) mass is 443 g/mol. The second kappa shape index (κ2) is 9.05. The number of nitrogens with zero attached hydrogens (tertiary/aromatic N) is 2. The maximum absolute atomic E-state index is 13.1. The molecule has 1 heterocycles. The lowest BCUT2D eigenvalue weighted by molar-refractivity contribution is -0.138. The number of alkyl halides is 3. The normalized spacial score (nSPS) is 13.1. The molecule has 0 bridgehead atoms. The first-order chi connectivity index (χ1) is 15.1. The Kier molecular flexibility index (Phi) is 6.43. The Morgan fingerprint density at radius 2 is 1.72 bits per heavy atom. The Bertz CT molecular complexity index is 1170. The highest BCUT2D eigenvalue weighted by Crippen LogP contribution is 2.35. The minimum Gasteiger partial charge on any atom is -0.457 e. The molecule has 2 aromatic carbocycles. The predicted molar refractivity (Wildman–Crippen MR) is 106 cm³/mol. The van der Waals surface area contributed by atoms with Crippen LogP contribution >= 0.6 is 0 Å². The molecule has 32 heavy (non-hydrogen) atoms. The Balaban J connectivity index is 1.82. The molecule has 3 rings (SSSR count). The van der Waals surface area contributed by atoms with Crippen LogP contribution in [0.15, 0.2) is 60.7 Å². The van der Waals surface area contributed by atoms with E-state index in [2.05, 4.69) is 4.98 Å². The highest BCUT2D eigenvalue weighted by molar-refractivity contribution is 5.79. The zero-order chi connectivity index (χ0) is 23.5. The number of carbonyl (C=O) groups is 1. The molecular weight excluding hydrogens is 427 g/mol. The average molecular weight is 443 g/mol. The summed E-state index contributed by atoms with van der Waals surface area (Å²) in [7, 11) is 0. The predicted octanol–water partition coefficient (Wildman–Crippen LogP) is 3.31. The molecule has 0 aliphatic heterocycles. The average Bonchev–Trinajstić information content (AvgIpc) is 2.78. The number of aromatic nitrogens is 1. The van der Waals surface area contributed by atoms with Crippen LogP contribution < -0.4 is 10.5 Å². The fraction of sp³-hybridized carbons (Fsp3) is 0.136.